The highest BCUT2D eigenvalue weighted by Gasteiger charge is 2.43. The molecule has 3 nitrogen and oxygen atoms in total. The number of rotatable bonds is 4. The molecule has 2 fully saturated rings. The van der Waals surface area contributed by atoms with Crippen LogP contribution >= 0.6 is 0 Å². The molecule has 0 aliphatic carbocycles. The molecule has 2 bridgehead atoms. The van der Waals surface area contributed by atoms with Gasteiger partial charge in [-0.1, -0.05) is 54.6 Å². The van der Waals surface area contributed by atoms with Crippen LogP contribution in [0.4, 0.5) is 0 Å². The van der Waals surface area contributed by atoms with E-state index >= 15 is 0 Å². The Balaban J connectivity index is 1.37. The Labute approximate surface area is 160 Å². The summed E-state index contributed by atoms with van der Waals surface area (Å²) in [6.07, 6.45) is 6.13. The van der Waals surface area contributed by atoms with Crippen LogP contribution < -0.4 is 0 Å². The Hall–Kier alpha value is -2.52. The van der Waals surface area contributed by atoms with Crippen molar-refractivity contribution in [2.24, 2.45) is 5.92 Å². The van der Waals surface area contributed by atoms with Crippen LogP contribution in [0.1, 0.15) is 41.7 Å². The number of Topliss-reactive ketones (excluding diaryl/α,β-unsaturated/α-hetero) is 1. The van der Waals surface area contributed by atoms with Gasteiger partial charge in [-0.15, -0.1) is 0 Å². The molecule has 2 unspecified atom stereocenters. The minimum Gasteiger partial charge on any atom is -0.293 e. The third-order valence-corrected chi connectivity index (χ3v) is 6.37. The zero-order valence-electron chi connectivity index (χ0n) is 15.4. The van der Waals surface area contributed by atoms with Gasteiger partial charge in [0.1, 0.15) is 5.69 Å². The zero-order chi connectivity index (χ0) is 18.2. The number of pyridine rings is 1. The van der Waals surface area contributed by atoms with Crippen molar-refractivity contribution in [3.05, 3.63) is 78.1 Å². The second-order valence-electron chi connectivity index (χ2n) is 7.96. The van der Waals surface area contributed by atoms with Gasteiger partial charge >= 0.3 is 0 Å². The Morgan fingerprint density at radius 2 is 1.63 bits per heavy atom. The van der Waals surface area contributed by atoms with Crippen LogP contribution in [-0.2, 0) is 6.54 Å². The Kier molecular flexibility index (Phi) is 4.25. The molecule has 1 aromatic heterocycles. The lowest BCUT2D eigenvalue weighted by Crippen LogP contribution is -2.44. The first-order chi connectivity index (χ1) is 13.3. The van der Waals surface area contributed by atoms with Crippen molar-refractivity contribution in [2.45, 2.75) is 44.3 Å². The normalized spacial score (nSPS) is 25.0. The second kappa shape index (κ2) is 6.90. The van der Waals surface area contributed by atoms with Gasteiger partial charge in [-0.05, 0) is 42.7 Å². The molecule has 2 atom stereocenters. The van der Waals surface area contributed by atoms with Gasteiger partial charge in [-0.2, -0.15) is 0 Å². The topological polar surface area (TPSA) is 33.2 Å². The molecule has 2 aliphatic heterocycles. The van der Waals surface area contributed by atoms with Gasteiger partial charge in [0, 0.05) is 36.1 Å². The molecule has 0 saturated carbocycles. The van der Waals surface area contributed by atoms with Crippen molar-refractivity contribution in [3.63, 3.8) is 0 Å². The smallest absolute Gasteiger partial charge is 0.184 e. The maximum Gasteiger partial charge on any atom is 0.184 e. The lowest BCUT2D eigenvalue weighted by molar-refractivity contribution is 0.0675. The van der Waals surface area contributed by atoms with Crippen molar-refractivity contribution in [1.29, 1.82) is 0 Å². The van der Waals surface area contributed by atoms with Crippen LogP contribution in [0.2, 0.25) is 0 Å². The average Bonchev–Trinajstić information content (AvgIpc) is 2.95. The summed E-state index contributed by atoms with van der Waals surface area (Å²) >= 11 is 0. The number of hydrogen-bond acceptors (Lipinski definition) is 3. The number of piperidine rings is 1. The first-order valence-electron chi connectivity index (χ1n) is 9.97. The van der Waals surface area contributed by atoms with Gasteiger partial charge in [0.05, 0.1) is 0 Å². The molecule has 3 aromatic rings. The van der Waals surface area contributed by atoms with E-state index in [1.54, 1.807) is 6.20 Å². The average molecular weight is 356 g/mol. The summed E-state index contributed by atoms with van der Waals surface area (Å²) in [5.74, 6) is 0.343. The molecule has 2 aliphatic rings. The highest BCUT2D eigenvalue weighted by molar-refractivity contribution is 6.07. The zero-order valence-corrected chi connectivity index (χ0v) is 15.4. The molecule has 3 heteroatoms. The van der Waals surface area contributed by atoms with Crippen molar-refractivity contribution < 1.29 is 4.79 Å². The molecular weight excluding hydrogens is 332 g/mol. The van der Waals surface area contributed by atoms with Crippen molar-refractivity contribution in [3.8, 4) is 0 Å². The maximum absolute atomic E-state index is 13.3. The summed E-state index contributed by atoms with van der Waals surface area (Å²) in [6.45, 7) is 1.00. The lowest BCUT2D eigenvalue weighted by atomic mass is 9.85. The monoisotopic (exact) mass is 356 g/mol. The number of nitrogens with zero attached hydrogens (tertiary/aromatic N) is 2. The molecular formula is C24H24N2O. The minimum atomic E-state index is 0.104. The van der Waals surface area contributed by atoms with Gasteiger partial charge in [0.2, 0.25) is 0 Å². The molecule has 0 spiro atoms. The Bertz CT molecular complexity index is 949. The number of carbonyl (C=O) groups excluding carboxylic acids is 1. The molecule has 136 valence electrons. The molecule has 27 heavy (non-hydrogen) atoms. The molecule has 0 N–H and O–H groups in total. The number of carbonyl (C=O) groups is 1. The van der Waals surface area contributed by atoms with Gasteiger partial charge in [0.25, 0.3) is 0 Å². The highest BCUT2D eigenvalue weighted by Crippen LogP contribution is 2.41. The summed E-state index contributed by atoms with van der Waals surface area (Å²) in [5.41, 5.74) is 2.03. The van der Waals surface area contributed by atoms with Gasteiger partial charge in [-0.3, -0.25) is 14.7 Å². The van der Waals surface area contributed by atoms with E-state index in [0.29, 0.717) is 17.8 Å². The molecule has 0 radical (unpaired) electrons. The maximum atomic E-state index is 13.3. The van der Waals surface area contributed by atoms with Crippen molar-refractivity contribution >= 4 is 16.6 Å². The predicted octanol–water partition coefficient (Wildman–Crippen LogP) is 4.86. The van der Waals surface area contributed by atoms with Crippen LogP contribution in [0.5, 0.6) is 0 Å². The lowest BCUT2D eigenvalue weighted by Gasteiger charge is -2.38. The fourth-order valence-corrected chi connectivity index (χ4v) is 5.05. The van der Waals surface area contributed by atoms with E-state index in [-0.39, 0.29) is 11.7 Å². The summed E-state index contributed by atoms with van der Waals surface area (Å²) in [4.78, 5) is 20.4. The number of hydrogen-bond donors (Lipinski definition) is 0. The number of fused-ring (bicyclic) bond motifs is 3. The van der Waals surface area contributed by atoms with Crippen molar-refractivity contribution in [1.82, 2.24) is 9.88 Å². The Morgan fingerprint density at radius 1 is 0.926 bits per heavy atom. The van der Waals surface area contributed by atoms with Gasteiger partial charge in [-0.25, -0.2) is 0 Å². The largest absolute Gasteiger partial charge is 0.293 e. The number of ketones is 1. The number of aromatic nitrogens is 1. The van der Waals surface area contributed by atoms with E-state index in [4.69, 9.17) is 0 Å². The quantitative estimate of drug-likeness (QED) is 0.626. The third-order valence-electron chi connectivity index (χ3n) is 6.37. The number of benzene rings is 2. The van der Waals surface area contributed by atoms with E-state index in [9.17, 15) is 4.79 Å². The molecule has 2 saturated heterocycles. The summed E-state index contributed by atoms with van der Waals surface area (Å²) in [5, 5.41) is 2.09. The van der Waals surface area contributed by atoms with Gasteiger partial charge < -0.3 is 0 Å². The highest BCUT2D eigenvalue weighted by atomic mass is 16.1. The third kappa shape index (κ3) is 3.06. The standard InChI is InChI=1S/C24H24N2O/c27-24(23-22-9-5-4-8-18(22)12-13-25-23)19-14-20-10-11-21(15-19)26(20)16-17-6-2-1-3-7-17/h1-9,12-13,19-21H,10-11,14-16H2. The van der Waals surface area contributed by atoms with E-state index in [1.165, 1.54) is 18.4 Å². The minimum absolute atomic E-state index is 0.104. The summed E-state index contributed by atoms with van der Waals surface area (Å²) < 4.78 is 0. The first kappa shape index (κ1) is 16.6. The van der Waals surface area contributed by atoms with Crippen molar-refractivity contribution in [2.75, 3.05) is 0 Å². The van der Waals surface area contributed by atoms with E-state index in [2.05, 4.69) is 46.3 Å². The van der Waals surface area contributed by atoms with Crippen LogP contribution in [-0.4, -0.2) is 27.8 Å². The molecule has 2 aromatic carbocycles. The SMILES string of the molecule is O=C(c1nccc2ccccc12)C1CC2CCC(C1)N2Cc1ccccc1. The molecule has 5 rings (SSSR count). The summed E-state index contributed by atoms with van der Waals surface area (Å²) in [7, 11) is 0. The molecule has 0 amide bonds. The molecule has 3 heterocycles. The second-order valence-corrected chi connectivity index (χ2v) is 7.96. The fourth-order valence-electron chi connectivity index (χ4n) is 5.05. The van der Waals surface area contributed by atoms with Crippen LogP contribution in [0.15, 0.2) is 66.9 Å². The van der Waals surface area contributed by atoms with Gasteiger partial charge in [0.15, 0.2) is 5.78 Å². The van der Waals surface area contributed by atoms with E-state index in [1.807, 2.05) is 24.3 Å². The first-order valence-corrected chi connectivity index (χ1v) is 9.97. The van der Waals surface area contributed by atoms with Crippen LogP contribution in [0.25, 0.3) is 10.8 Å². The van der Waals surface area contributed by atoms with E-state index < -0.39 is 0 Å². The Morgan fingerprint density at radius 3 is 2.41 bits per heavy atom. The summed E-state index contributed by atoms with van der Waals surface area (Å²) in [6, 6.07) is 21.8. The predicted molar refractivity (Wildman–Crippen MR) is 108 cm³/mol. The van der Waals surface area contributed by atoms with E-state index in [0.717, 1.165) is 30.2 Å². The van der Waals surface area contributed by atoms with Crippen LogP contribution in [0.3, 0.4) is 0 Å². The fraction of sp³-hybridized carbons (Fsp3) is 0.333. The van der Waals surface area contributed by atoms with Crippen LogP contribution in [0, 0.1) is 5.92 Å².